The summed E-state index contributed by atoms with van der Waals surface area (Å²) in [6.07, 6.45) is 6.88. The van der Waals surface area contributed by atoms with Crippen LogP contribution in [0.15, 0.2) is 18.5 Å². The van der Waals surface area contributed by atoms with Crippen LogP contribution in [0.2, 0.25) is 5.02 Å². The lowest BCUT2D eigenvalue weighted by atomic mass is 9.86. The van der Waals surface area contributed by atoms with Gasteiger partial charge in [0.15, 0.2) is 5.78 Å². The van der Waals surface area contributed by atoms with E-state index in [0.717, 1.165) is 37.7 Å². The van der Waals surface area contributed by atoms with Gasteiger partial charge in [-0.1, -0.05) is 17.7 Å². The van der Waals surface area contributed by atoms with E-state index in [9.17, 15) is 9.18 Å². The molecule has 0 amide bonds. The maximum atomic E-state index is 14.1. The predicted octanol–water partition coefficient (Wildman–Crippen LogP) is 2.53. The second kappa shape index (κ2) is 7.07. The molecule has 1 aromatic heterocycles. The van der Waals surface area contributed by atoms with Gasteiger partial charge in [-0.25, -0.2) is 4.39 Å². The number of aromatic nitrogens is 1. The number of likely N-dealkylation sites (tertiary alicyclic amines) is 1. The molecule has 1 unspecified atom stereocenters. The summed E-state index contributed by atoms with van der Waals surface area (Å²) in [5.74, 6) is -0.144. The highest BCUT2D eigenvalue weighted by atomic mass is 35.5. The number of Topliss-reactive ketones (excluding diaryl/α,β-unsaturated/α-hetero) is 1. The first-order valence-electron chi connectivity index (χ1n) is 8.02. The molecule has 23 heavy (non-hydrogen) atoms. The van der Waals surface area contributed by atoms with Crippen LogP contribution in [0.3, 0.4) is 0 Å². The molecule has 0 spiro atoms. The van der Waals surface area contributed by atoms with Crippen LogP contribution in [-0.4, -0.2) is 48.4 Å². The Hall–Kier alpha value is -1.30. The minimum absolute atomic E-state index is 0.0806. The molecule has 0 radical (unpaired) electrons. The summed E-state index contributed by atoms with van der Waals surface area (Å²) >= 11 is 6.10. The molecule has 0 bridgehead atoms. The minimum Gasteiger partial charge on any atom is -0.306 e. The minimum atomic E-state index is -0.434. The zero-order chi connectivity index (χ0) is 16.4. The van der Waals surface area contributed by atoms with E-state index >= 15 is 0 Å². The molecule has 1 saturated heterocycles. The average Bonchev–Trinajstić information content (AvgIpc) is 2.55. The Balaban J connectivity index is 1.80. The zero-order valence-electron chi connectivity index (χ0n) is 13.2. The van der Waals surface area contributed by atoms with Crippen LogP contribution in [0.5, 0.6) is 0 Å². The lowest BCUT2D eigenvalue weighted by molar-refractivity contribution is -0.125. The Morgan fingerprint density at radius 3 is 2.83 bits per heavy atom. The predicted molar refractivity (Wildman–Crippen MR) is 88.8 cm³/mol. The lowest BCUT2D eigenvalue weighted by Gasteiger charge is -2.31. The molecule has 3 heterocycles. The van der Waals surface area contributed by atoms with E-state index in [-0.39, 0.29) is 17.7 Å². The third-order valence-corrected chi connectivity index (χ3v) is 5.02. The van der Waals surface area contributed by atoms with Crippen LogP contribution < -0.4 is 5.32 Å². The Kier molecular flexibility index (Phi) is 5.09. The Bertz CT molecular complexity index is 606. The van der Waals surface area contributed by atoms with Gasteiger partial charge in [0.2, 0.25) is 0 Å². The number of piperidine rings is 1. The van der Waals surface area contributed by atoms with E-state index in [0.29, 0.717) is 23.6 Å². The van der Waals surface area contributed by atoms with Crippen LogP contribution in [0.1, 0.15) is 24.8 Å². The third-order valence-electron chi connectivity index (χ3n) is 4.73. The number of carbonyl (C=O) groups excluding carboxylic acids is 1. The number of hydrogen-bond donors (Lipinski definition) is 1. The van der Waals surface area contributed by atoms with Crippen molar-refractivity contribution in [2.75, 3.05) is 26.7 Å². The summed E-state index contributed by atoms with van der Waals surface area (Å²) in [5.41, 5.74) is 1.17. The van der Waals surface area contributed by atoms with Crippen molar-refractivity contribution < 1.29 is 9.18 Å². The van der Waals surface area contributed by atoms with Crippen LogP contribution in [0.25, 0.3) is 5.57 Å². The fourth-order valence-corrected chi connectivity index (χ4v) is 3.63. The van der Waals surface area contributed by atoms with Crippen molar-refractivity contribution in [1.82, 2.24) is 15.2 Å². The molecule has 4 nitrogen and oxygen atoms in total. The van der Waals surface area contributed by atoms with Gasteiger partial charge in [-0.3, -0.25) is 9.78 Å². The zero-order valence-corrected chi connectivity index (χ0v) is 13.9. The van der Waals surface area contributed by atoms with Crippen molar-refractivity contribution >= 4 is 23.0 Å². The van der Waals surface area contributed by atoms with Crippen molar-refractivity contribution in [1.29, 1.82) is 0 Å². The molecule has 1 fully saturated rings. The van der Waals surface area contributed by atoms with Gasteiger partial charge in [0.05, 0.1) is 17.3 Å². The average molecular weight is 338 g/mol. The summed E-state index contributed by atoms with van der Waals surface area (Å²) in [4.78, 5) is 18.7. The molecule has 1 atom stereocenters. The number of nitrogens with zero attached hydrogens (tertiary/aromatic N) is 2. The molecule has 1 N–H and O–H groups in total. The Morgan fingerprint density at radius 2 is 2.13 bits per heavy atom. The smallest absolute Gasteiger partial charge is 0.156 e. The molecule has 0 aliphatic carbocycles. The summed E-state index contributed by atoms with van der Waals surface area (Å²) in [6, 6.07) is -0.351. The quantitative estimate of drug-likeness (QED) is 0.920. The Morgan fingerprint density at radius 1 is 1.39 bits per heavy atom. The molecule has 1 aromatic rings. The number of nitrogens with one attached hydrogen (secondary N) is 1. The van der Waals surface area contributed by atoms with Gasteiger partial charge in [0, 0.05) is 24.2 Å². The van der Waals surface area contributed by atoms with E-state index in [1.165, 1.54) is 6.20 Å². The van der Waals surface area contributed by atoms with Crippen molar-refractivity contribution in [3.8, 4) is 0 Å². The molecular formula is C17H21ClFN3O. The van der Waals surface area contributed by atoms with Crippen LogP contribution in [0, 0.1) is 11.7 Å². The molecular weight excluding hydrogens is 317 g/mol. The number of ketones is 1. The summed E-state index contributed by atoms with van der Waals surface area (Å²) in [7, 11) is 2.08. The number of hydrogen-bond acceptors (Lipinski definition) is 4. The molecule has 3 rings (SSSR count). The van der Waals surface area contributed by atoms with E-state index in [1.807, 2.05) is 6.08 Å². The second-order valence-electron chi connectivity index (χ2n) is 6.33. The number of halogens is 2. The van der Waals surface area contributed by atoms with Crippen LogP contribution in [-0.2, 0) is 4.79 Å². The highest BCUT2D eigenvalue weighted by Gasteiger charge is 2.30. The largest absolute Gasteiger partial charge is 0.306 e. The van der Waals surface area contributed by atoms with Crippen molar-refractivity contribution in [3.63, 3.8) is 0 Å². The second-order valence-corrected chi connectivity index (χ2v) is 6.74. The summed E-state index contributed by atoms with van der Waals surface area (Å²) in [6.45, 7) is 2.54. The first kappa shape index (κ1) is 16.6. The fraction of sp³-hybridized carbons (Fsp3) is 0.529. The monoisotopic (exact) mass is 337 g/mol. The summed E-state index contributed by atoms with van der Waals surface area (Å²) in [5, 5.41) is 3.54. The van der Waals surface area contributed by atoms with Gasteiger partial charge in [0.25, 0.3) is 0 Å². The number of pyridine rings is 1. The van der Waals surface area contributed by atoms with Gasteiger partial charge < -0.3 is 10.2 Å². The maximum absolute atomic E-state index is 14.1. The topological polar surface area (TPSA) is 45.2 Å². The molecule has 6 heteroatoms. The van der Waals surface area contributed by atoms with Gasteiger partial charge in [-0.15, -0.1) is 0 Å². The highest BCUT2D eigenvalue weighted by molar-refractivity contribution is 6.32. The standard InChI is InChI=1S/C17H21ClFN3O/c1-22-6-3-11(4-7-22)17(23)15-8-12(2-5-21-15)16-13(18)9-20-10-14(16)19/h8-11,15,21H,2-7H2,1H3. The van der Waals surface area contributed by atoms with Crippen molar-refractivity contribution in [2.24, 2.45) is 5.92 Å². The molecule has 2 aliphatic heterocycles. The highest BCUT2D eigenvalue weighted by Crippen LogP contribution is 2.30. The van der Waals surface area contributed by atoms with Gasteiger partial charge in [-0.2, -0.15) is 0 Å². The van der Waals surface area contributed by atoms with Crippen LogP contribution >= 0.6 is 11.6 Å². The summed E-state index contributed by atoms with van der Waals surface area (Å²) < 4.78 is 14.1. The fourth-order valence-electron chi connectivity index (χ4n) is 3.36. The van der Waals surface area contributed by atoms with E-state index in [2.05, 4.69) is 22.2 Å². The molecule has 0 aromatic carbocycles. The maximum Gasteiger partial charge on any atom is 0.156 e. The van der Waals surface area contributed by atoms with Gasteiger partial charge in [0.1, 0.15) is 5.82 Å². The van der Waals surface area contributed by atoms with E-state index in [1.54, 1.807) is 0 Å². The van der Waals surface area contributed by atoms with Gasteiger partial charge >= 0.3 is 0 Å². The normalized spacial score (nSPS) is 23.6. The first-order valence-corrected chi connectivity index (χ1v) is 8.40. The van der Waals surface area contributed by atoms with E-state index in [4.69, 9.17) is 11.6 Å². The van der Waals surface area contributed by atoms with E-state index < -0.39 is 5.82 Å². The first-order chi connectivity index (χ1) is 11.1. The molecule has 124 valence electrons. The van der Waals surface area contributed by atoms with Gasteiger partial charge in [-0.05, 0) is 45.0 Å². The number of carbonyl (C=O) groups is 1. The third kappa shape index (κ3) is 3.62. The molecule has 2 aliphatic rings. The van der Waals surface area contributed by atoms with Crippen LogP contribution in [0.4, 0.5) is 4.39 Å². The number of rotatable bonds is 3. The Labute approximate surface area is 140 Å². The van der Waals surface area contributed by atoms with Crippen molar-refractivity contribution in [3.05, 3.63) is 34.9 Å². The molecule has 0 saturated carbocycles. The SMILES string of the molecule is CN1CCC(C(=O)C2C=C(c3c(F)cncc3Cl)CCN2)CC1. The van der Waals surface area contributed by atoms with Crippen molar-refractivity contribution in [2.45, 2.75) is 25.3 Å². The lowest BCUT2D eigenvalue weighted by Crippen LogP contribution is -2.44.